The van der Waals surface area contributed by atoms with Crippen molar-refractivity contribution in [2.45, 2.75) is 46.6 Å². The van der Waals surface area contributed by atoms with Gasteiger partial charge in [0.05, 0.1) is 0 Å². The van der Waals surface area contributed by atoms with Crippen molar-refractivity contribution in [2.75, 3.05) is 6.54 Å². The second-order valence-corrected chi connectivity index (χ2v) is 6.07. The van der Waals surface area contributed by atoms with E-state index in [9.17, 15) is 0 Å². The molecule has 1 nitrogen and oxygen atoms in total. The molecule has 1 aromatic carbocycles. The molecular weight excluding hydrogens is 230 g/mol. The largest absolute Gasteiger partial charge is 0.313 e. The SMILES string of the molecule is CCC(C)(C)CNC(C)Cc1ccc(Cl)cc1. The van der Waals surface area contributed by atoms with E-state index >= 15 is 0 Å². The summed E-state index contributed by atoms with van der Waals surface area (Å²) in [7, 11) is 0. The highest BCUT2D eigenvalue weighted by molar-refractivity contribution is 6.30. The lowest BCUT2D eigenvalue weighted by molar-refractivity contribution is 0.312. The number of nitrogens with one attached hydrogen (secondary N) is 1. The van der Waals surface area contributed by atoms with Crippen molar-refractivity contribution in [2.24, 2.45) is 5.41 Å². The molecule has 0 spiro atoms. The van der Waals surface area contributed by atoms with E-state index in [1.54, 1.807) is 0 Å². The summed E-state index contributed by atoms with van der Waals surface area (Å²) in [4.78, 5) is 0. The molecule has 1 N–H and O–H groups in total. The smallest absolute Gasteiger partial charge is 0.0406 e. The molecule has 0 amide bonds. The van der Waals surface area contributed by atoms with Crippen LogP contribution in [0.1, 0.15) is 39.7 Å². The molecule has 0 aliphatic heterocycles. The highest BCUT2D eigenvalue weighted by Crippen LogP contribution is 2.18. The van der Waals surface area contributed by atoms with Gasteiger partial charge in [0.15, 0.2) is 0 Å². The van der Waals surface area contributed by atoms with Crippen LogP contribution < -0.4 is 5.32 Å². The Balaban J connectivity index is 2.39. The molecular formula is C15H24ClN. The highest BCUT2D eigenvalue weighted by Gasteiger charge is 2.15. The van der Waals surface area contributed by atoms with Crippen molar-refractivity contribution in [3.8, 4) is 0 Å². The summed E-state index contributed by atoms with van der Waals surface area (Å²) in [5, 5.41) is 4.41. The predicted molar refractivity (Wildman–Crippen MR) is 76.7 cm³/mol. The van der Waals surface area contributed by atoms with E-state index in [2.05, 4.69) is 45.1 Å². The van der Waals surface area contributed by atoms with Gasteiger partial charge in [0.2, 0.25) is 0 Å². The van der Waals surface area contributed by atoms with E-state index in [-0.39, 0.29) is 0 Å². The monoisotopic (exact) mass is 253 g/mol. The average molecular weight is 254 g/mol. The molecule has 0 bridgehead atoms. The Morgan fingerprint density at radius 1 is 1.24 bits per heavy atom. The van der Waals surface area contributed by atoms with E-state index in [0.717, 1.165) is 18.0 Å². The van der Waals surface area contributed by atoms with Crippen LogP contribution in [0.3, 0.4) is 0 Å². The lowest BCUT2D eigenvalue weighted by Gasteiger charge is -2.25. The van der Waals surface area contributed by atoms with Crippen LogP contribution in [0, 0.1) is 5.41 Å². The van der Waals surface area contributed by atoms with E-state index < -0.39 is 0 Å². The third kappa shape index (κ3) is 5.56. The highest BCUT2D eigenvalue weighted by atomic mass is 35.5. The van der Waals surface area contributed by atoms with E-state index in [4.69, 9.17) is 11.6 Å². The molecule has 17 heavy (non-hydrogen) atoms. The van der Waals surface area contributed by atoms with Crippen LogP contribution in [0.2, 0.25) is 5.02 Å². The molecule has 0 fully saturated rings. The van der Waals surface area contributed by atoms with Gasteiger partial charge in [-0.25, -0.2) is 0 Å². The van der Waals surface area contributed by atoms with E-state index in [1.807, 2.05) is 12.1 Å². The van der Waals surface area contributed by atoms with Crippen LogP contribution in [0.25, 0.3) is 0 Å². The molecule has 1 rings (SSSR count). The van der Waals surface area contributed by atoms with Gasteiger partial charge in [0, 0.05) is 17.6 Å². The van der Waals surface area contributed by atoms with Crippen molar-refractivity contribution < 1.29 is 0 Å². The van der Waals surface area contributed by atoms with Crippen molar-refractivity contribution in [3.05, 3.63) is 34.9 Å². The third-order valence-electron chi connectivity index (χ3n) is 3.34. The second kappa shape index (κ2) is 6.42. The first-order valence-corrected chi connectivity index (χ1v) is 6.78. The Hall–Kier alpha value is -0.530. The molecule has 1 aromatic rings. The molecule has 0 saturated carbocycles. The van der Waals surface area contributed by atoms with Crippen LogP contribution in [0.4, 0.5) is 0 Å². The minimum absolute atomic E-state index is 0.383. The fraction of sp³-hybridized carbons (Fsp3) is 0.600. The Morgan fingerprint density at radius 3 is 2.35 bits per heavy atom. The molecule has 0 aliphatic rings. The summed E-state index contributed by atoms with van der Waals surface area (Å²) in [6, 6.07) is 8.62. The molecule has 0 heterocycles. The molecule has 1 atom stereocenters. The zero-order chi connectivity index (χ0) is 12.9. The normalized spacial score (nSPS) is 13.7. The number of hydrogen-bond donors (Lipinski definition) is 1. The van der Waals surface area contributed by atoms with E-state index in [0.29, 0.717) is 11.5 Å². The van der Waals surface area contributed by atoms with Gasteiger partial charge in [-0.1, -0.05) is 44.5 Å². The zero-order valence-electron chi connectivity index (χ0n) is 11.4. The van der Waals surface area contributed by atoms with Crippen molar-refractivity contribution in [3.63, 3.8) is 0 Å². The number of hydrogen-bond acceptors (Lipinski definition) is 1. The Morgan fingerprint density at radius 2 is 1.82 bits per heavy atom. The Labute approximate surface area is 111 Å². The summed E-state index contributed by atoms with van der Waals surface area (Å²) in [6.45, 7) is 10.1. The quantitative estimate of drug-likeness (QED) is 0.797. The standard InChI is InChI=1S/C15H24ClN/c1-5-15(3,4)11-17-12(2)10-13-6-8-14(16)9-7-13/h6-9,12,17H,5,10-11H2,1-4H3. The van der Waals surface area contributed by atoms with Crippen LogP contribution in [0.5, 0.6) is 0 Å². The third-order valence-corrected chi connectivity index (χ3v) is 3.59. The number of benzene rings is 1. The molecule has 1 unspecified atom stereocenters. The zero-order valence-corrected chi connectivity index (χ0v) is 12.1. The van der Waals surface area contributed by atoms with Gasteiger partial charge >= 0.3 is 0 Å². The van der Waals surface area contributed by atoms with Crippen molar-refractivity contribution in [1.29, 1.82) is 0 Å². The maximum absolute atomic E-state index is 5.87. The van der Waals surface area contributed by atoms with Gasteiger partial charge < -0.3 is 5.32 Å². The summed E-state index contributed by atoms with van der Waals surface area (Å²) >= 11 is 5.87. The van der Waals surface area contributed by atoms with Gasteiger partial charge in [-0.05, 0) is 42.9 Å². The first kappa shape index (κ1) is 14.5. The minimum Gasteiger partial charge on any atom is -0.313 e. The first-order chi connectivity index (χ1) is 7.93. The van der Waals surface area contributed by atoms with Crippen LogP contribution in [0.15, 0.2) is 24.3 Å². The van der Waals surface area contributed by atoms with Gasteiger partial charge in [0.1, 0.15) is 0 Å². The maximum atomic E-state index is 5.87. The van der Waals surface area contributed by atoms with Gasteiger partial charge in [-0.3, -0.25) is 0 Å². The summed E-state index contributed by atoms with van der Waals surface area (Å²) < 4.78 is 0. The van der Waals surface area contributed by atoms with Crippen LogP contribution >= 0.6 is 11.6 Å². The lowest BCUT2D eigenvalue weighted by atomic mass is 9.90. The Kier molecular flexibility index (Phi) is 5.48. The topological polar surface area (TPSA) is 12.0 Å². The lowest BCUT2D eigenvalue weighted by Crippen LogP contribution is -2.36. The predicted octanol–water partition coefficient (Wildman–Crippen LogP) is 4.30. The van der Waals surface area contributed by atoms with Crippen LogP contribution in [-0.2, 0) is 6.42 Å². The van der Waals surface area contributed by atoms with Gasteiger partial charge in [-0.2, -0.15) is 0 Å². The summed E-state index contributed by atoms with van der Waals surface area (Å²) in [6.07, 6.45) is 2.25. The van der Waals surface area contributed by atoms with Crippen LogP contribution in [-0.4, -0.2) is 12.6 Å². The minimum atomic E-state index is 0.383. The van der Waals surface area contributed by atoms with Gasteiger partial charge in [0.25, 0.3) is 0 Å². The molecule has 0 radical (unpaired) electrons. The van der Waals surface area contributed by atoms with E-state index in [1.165, 1.54) is 12.0 Å². The number of rotatable bonds is 6. The van der Waals surface area contributed by atoms with Crippen molar-refractivity contribution >= 4 is 11.6 Å². The van der Waals surface area contributed by atoms with Crippen molar-refractivity contribution in [1.82, 2.24) is 5.32 Å². The first-order valence-electron chi connectivity index (χ1n) is 6.41. The summed E-state index contributed by atoms with van der Waals surface area (Å²) in [5.74, 6) is 0. The maximum Gasteiger partial charge on any atom is 0.0406 e. The Bertz CT molecular complexity index is 329. The molecule has 0 aromatic heterocycles. The molecule has 96 valence electrons. The molecule has 2 heteroatoms. The molecule has 0 aliphatic carbocycles. The fourth-order valence-corrected chi connectivity index (χ4v) is 1.75. The average Bonchev–Trinajstić information content (AvgIpc) is 2.30. The van der Waals surface area contributed by atoms with Gasteiger partial charge in [-0.15, -0.1) is 0 Å². The fourth-order valence-electron chi connectivity index (χ4n) is 1.62. The second-order valence-electron chi connectivity index (χ2n) is 5.63. The molecule has 0 saturated heterocycles. The summed E-state index contributed by atoms with van der Waals surface area (Å²) in [5.41, 5.74) is 1.72. The number of halogens is 1.